The topological polar surface area (TPSA) is 44.2 Å². The van der Waals surface area contributed by atoms with Gasteiger partial charge in [0.2, 0.25) is 0 Å². The van der Waals surface area contributed by atoms with Crippen molar-refractivity contribution < 1.29 is 4.74 Å². The van der Waals surface area contributed by atoms with Gasteiger partial charge < -0.3 is 10.9 Å². The molecular formula is C25H20BrNO. The molecule has 0 unspecified atom stereocenters. The molecule has 0 aliphatic carbocycles. The van der Waals surface area contributed by atoms with E-state index in [-0.39, 0.29) is 6.15 Å². The second-order valence-electron chi connectivity index (χ2n) is 6.70. The number of halogens is 1. The molecule has 1 aliphatic heterocycles. The summed E-state index contributed by atoms with van der Waals surface area (Å²) >= 11 is 3.62. The highest BCUT2D eigenvalue weighted by atomic mass is 79.9. The van der Waals surface area contributed by atoms with E-state index in [1.165, 1.54) is 33.4 Å². The van der Waals surface area contributed by atoms with Crippen LogP contribution in [0.3, 0.4) is 0 Å². The molecule has 5 rings (SSSR count). The van der Waals surface area contributed by atoms with Crippen molar-refractivity contribution in [2.75, 3.05) is 0 Å². The van der Waals surface area contributed by atoms with E-state index in [1.807, 2.05) is 6.07 Å². The molecule has 0 bridgehead atoms. The van der Waals surface area contributed by atoms with Gasteiger partial charge in [0.15, 0.2) is 0 Å². The van der Waals surface area contributed by atoms with Crippen molar-refractivity contribution in [3.05, 3.63) is 107 Å². The molecule has 0 amide bonds. The van der Waals surface area contributed by atoms with E-state index in [1.54, 1.807) is 0 Å². The van der Waals surface area contributed by atoms with E-state index in [9.17, 15) is 0 Å². The fourth-order valence-electron chi connectivity index (χ4n) is 3.80. The van der Waals surface area contributed by atoms with Crippen LogP contribution in [0.2, 0.25) is 0 Å². The summed E-state index contributed by atoms with van der Waals surface area (Å²) in [5.74, 6) is 1.87. The first-order valence-corrected chi connectivity index (χ1v) is 9.82. The molecule has 28 heavy (non-hydrogen) atoms. The molecule has 0 fully saturated rings. The first kappa shape index (κ1) is 18.5. The van der Waals surface area contributed by atoms with Gasteiger partial charge in [-0.3, -0.25) is 0 Å². The molecule has 1 heterocycles. The van der Waals surface area contributed by atoms with Crippen LogP contribution in [0.4, 0.5) is 0 Å². The van der Waals surface area contributed by atoms with E-state index in [0.717, 1.165) is 22.4 Å². The highest BCUT2D eigenvalue weighted by molar-refractivity contribution is 9.10. The van der Waals surface area contributed by atoms with Crippen molar-refractivity contribution in [2.45, 2.75) is 6.42 Å². The summed E-state index contributed by atoms with van der Waals surface area (Å²) < 4.78 is 7.31. The summed E-state index contributed by atoms with van der Waals surface area (Å²) in [6.45, 7) is 0. The molecule has 2 nitrogen and oxygen atoms in total. The number of ether oxygens (including phenoxy) is 1. The number of fused-ring (bicyclic) bond motifs is 2. The highest BCUT2D eigenvalue weighted by Crippen LogP contribution is 2.47. The monoisotopic (exact) mass is 429 g/mol. The number of benzene rings is 4. The summed E-state index contributed by atoms with van der Waals surface area (Å²) in [7, 11) is 0. The lowest BCUT2D eigenvalue weighted by molar-refractivity contribution is 0.457. The molecule has 0 aromatic heterocycles. The Balaban J connectivity index is 0.00000192. The first-order chi connectivity index (χ1) is 13.3. The quantitative estimate of drug-likeness (QED) is 0.313. The highest BCUT2D eigenvalue weighted by Gasteiger charge is 2.24. The maximum Gasteiger partial charge on any atom is 0.145 e. The van der Waals surface area contributed by atoms with Crippen LogP contribution < -0.4 is 10.9 Å². The fraction of sp³-hybridized carbons (Fsp3) is 0.0400. The normalized spacial score (nSPS) is 11.6. The maximum absolute atomic E-state index is 6.31. The summed E-state index contributed by atoms with van der Waals surface area (Å²) in [6.07, 6.45) is 0.856. The fourth-order valence-corrected chi connectivity index (χ4v) is 4.29. The van der Waals surface area contributed by atoms with Crippen molar-refractivity contribution in [3.63, 3.8) is 0 Å². The predicted octanol–water partition coefficient (Wildman–Crippen LogP) is 7.64. The van der Waals surface area contributed by atoms with Crippen molar-refractivity contribution in [1.82, 2.24) is 6.15 Å². The van der Waals surface area contributed by atoms with Crippen LogP contribution >= 0.6 is 15.9 Å². The van der Waals surface area contributed by atoms with E-state index < -0.39 is 0 Å². The second-order valence-corrected chi connectivity index (χ2v) is 7.56. The molecule has 4 aromatic carbocycles. The number of rotatable bonds is 2. The molecule has 138 valence electrons. The Hall–Kier alpha value is -2.88. The Labute approximate surface area is 173 Å². The summed E-state index contributed by atoms with van der Waals surface area (Å²) in [5.41, 5.74) is 7.38. The Kier molecular flexibility index (Phi) is 5.03. The van der Waals surface area contributed by atoms with Gasteiger partial charge in [-0.15, -0.1) is 0 Å². The van der Waals surface area contributed by atoms with Gasteiger partial charge >= 0.3 is 0 Å². The number of hydrogen-bond acceptors (Lipinski definition) is 2. The van der Waals surface area contributed by atoms with Gasteiger partial charge in [0, 0.05) is 17.5 Å². The van der Waals surface area contributed by atoms with Crippen molar-refractivity contribution in [1.29, 1.82) is 0 Å². The molecule has 0 atom stereocenters. The summed E-state index contributed by atoms with van der Waals surface area (Å²) in [5, 5.41) is 0. The van der Waals surface area contributed by atoms with E-state index in [2.05, 4.69) is 101 Å². The zero-order valence-electron chi connectivity index (χ0n) is 15.4. The minimum Gasteiger partial charge on any atom is -0.456 e. The minimum absolute atomic E-state index is 0. The first-order valence-electron chi connectivity index (χ1n) is 9.03. The van der Waals surface area contributed by atoms with Gasteiger partial charge in [0.1, 0.15) is 11.5 Å². The predicted molar refractivity (Wildman–Crippen MR) is 119 cm³/mol. The van der Waals surface area contributed by atoms with Gasteiger partial charge in [-0.2, -0.15) is 0 Å². The molecule has 0 spiro atoms. The van der Waals surface area contributed by atoms with Crippen LogP contribution in [0.15, 0.2) is 95.5 Å². The van der Waals surface area contributed by atoms with E-state index in [0.29, 0.717) is 0 Å². The van der Waals surface area contributed by atoms with Crippen LogP contribution in [0.5, 0.6) is 11.5 Å². The summed E-state index contributed by atoms with van der Waals surface area (Å²) in [4.78, 5) is 0. The SMILES string of the molecule is Brc1cccc2c1Oc1ccc(-c3ccccc3)c(-c3ccccc3)c1C2.N. The Morgan fingerprint density at radius 2 is 1.36 bits per heavy atom. The third-order valence-corrected chi connectivity index (χ3v) is 5.67. The minimum atomic E-state index is 0. The largest absolute Gasteiger partial charge is 0.456 e. The van der Waals surface area contributed by atoms with Crippen LogP contribution in [0.1, 0.15) is 11.1 Å². The van der Waals surface area contributed by atoms with Crippen LogP contribution in [0, 0.1) is 0 Å². The standard InChI is InChI=1S/C25H17BrO.H3N/c26-22-13-7-12-19-16-21-23(27-25(19)22)15-14-20(17-8-3-1-4-9-17)24(21)18-10-5-2-6-11-18;/h1-15H,16H2;1H3. The average molecular weight is 430 g/mol. The molecule has 3 heteroatoms. The zero-order valence-corrected chi connectivity index (χ0v) is 16.9. The van der Waals surface area contributed by atoms with Gasteiger partial charge in [0.05, 0.1) is 4.47 Å². The van der Waals surface area contributed by atoms with Crippen LogP contribution in [-0.4, -0.2) is 0 Å². The zero-order chi connectivity index (χ0) is 18.2. The smallest absolute Gasteiger partial charge is 0.145 e. The van der Waals surface area contributed by atoms with Gasteiger partial charge in [-0.05, 0) is 50.3 Å². The average Bonchev–Trinajstić information content (AvgIpc) is 2.73. The molecule has 1 aliphatic rings. The van der Waals surface area contributed by atoms with E-state index >= 15 is 0 Å². The van der Waals surface area contributed by atoms with Gasteiger partial charge in [0.25, 0.3) is 0 Å². The maximum atomic E-state index is 6.31. The van der Waals surface area contributed by atoms with Crippen LogP contribution in [-0.2, 0) is 6.42 Å². The molecule has 0 radical (unpaired) electrons. The summed E-state index contributed by atoms with van der Waals surface area (Å²) in [6, 6.07) is 31.7. The molecule has 0 saturated heterocycles. The Bertz CT molecular complexity index is 1120. The van der Waals surface area contributed by atoms with Crippen molar-refractivity contribution >= 4 is 15.9 Å². The number of para-hydroxylation sites is 1. The molecular weight excluding hydrogens is 410 g/mol. The Morgan fingerprint density at radius 3 is 2.07 bits per heavy atom. The van der Waals surface area contributed by atoms with Gasteiger partial charge in [-0.1, -0.05) is 78.9 Å². The third kappa shape index (κ3) is 3.13. The molecule has 4 aromatic rings. The van der Waals surface area contributed by atoms with Crippen molar-refractivity contribution in [2.24, 2.45) is 0 Å². The molecule has 3 N–H and O–H groups in total. The van der Waals surface area contributed by atoms with E-state index in [4.69, 9.17) is 4.74 Å². The lowest BCUT2D eigenvalue weighted by Gasteiger charge is -2.25. The third-order valence-electron chi connectivity index (χ3n) is 5.04. The second kappa shape index (κ2) is 7.63. The lowest BCUT2D eigenvalue weighted by atomic mass is 9.86. The Morgan fingerprint density at radius 1 is 0.679 bits per heavy atom. The molecule has 0 saturated carbocycles. The van der Waals surface area contributed by atoms with Gasteiger partial charge in [-0.25, -0.2) is 0 Å². The van der Waals surface area contributed by atoms with Crippen molar-refractivity contribution in [3.8, 4) is 33.8 Å². The number of hydrogen-bond donors (Lipinski definition) is 1. The van der Waals surface area contributed by atoms with Crippen LogP contribution in [0.25, 0.3) is 22.3 Å². The lowest BCUT2D eigenvalue weighted by Crippen LogP contribution is -2.06.